The third kappa shape index (κ3) is 3.45. The molecule has 0 heterocycles. The van der Waals surface area contributed by atoms with Crippen LogP contribution in [0.5, 0.6) is 0 Å². The topological polar surface area (TPSA) is 26.1 Å². The Kier molecular flexibility index (Phi) is 3.97. The van der Waals surface area contributed by atoms with Crippen molar-refractivity contribution in [3.05, 3.63) is 52.8 Å². The molecule has 0 amide bonds. The number of rotatable bonds is 2. The molecule has 1 aromatic carbocycles. The van der Waals surface area contributed by atoms with Crippen LogP contribution in [0, 0.1) is 5.21 Å². The Labute approximate surface area is 103 Å². The second-order valence-corrected chi connectivity index (χ2v) is 4.71. The fourth-order valence-corrected chi connectivity index (χ4v) is 2.19. The molecule has 0 aliphatic heterocycles. The van der Waals surface area contributed by atoms with E-state index >= 15 is 0 Å². The quantitative estimate of drug-likeness (QED) is 0.432. The van der Waals surface area contributed by atoms with Gasteiger partial charge in [-0.3, -0.25) is 0 Å². The van der Waals surface area contributed by atoms with Crippen LogP contribution < -0.4 is 0 Å². The highest BCUT2D eigenvalue weighted by molar-refractivity contribution is 5.91. The number of hydrogen-bond donors (Lipinski definition) is 0. The van der Waals surface area contributed by atoms with Crippen molar-refractivity contribution in [1.29, 1.82) is 0 Å². The lowest BCUT2D eigenvalue weighted by Crippen LogP contribution is -2.13. The number of hydrogen-bond acceptors (Lipinski definition) is 1. The maximum Gasteiger partial charge on any atom is 0.187 e. The van der Waals surface area contributed by atoms with E-state index in [-0.39, 0.29) is 0 Å². The number of benzene rings is 1. The van der Waals surface area contributed by atoms with Gasteiger partial charge in [-0.15, -0.1) is 0 Å². The van der Waals surface area contributed by atoms with Crippen molar-refractivity contribution in [2.24, 2.45) is 0 Å². The highest BCUT2D eigenvalue weighted by Gasteiger charge is 2.11. The predicted molar refractivity (Wildman–Crippen MR) is 71.0 cm³/mol. The zero-order valence-electron chi connectivity index (χ0n) is 10.4. The molecule has 1 aromatic rings. The third-order valence-electron chi connectivity index (χ3n) is 3.16. The number of allylic oxidation sites excluding steroid dienone is 2. The Morgan fingerprint density at radius 3 is 2.59 bits per heavy atom. The minimum absolute atomic E-state index is 0.458. The van der Waals surface area contributed by atoms with E-state index in [1.54, 1.807) is 0 Å². The van der Waals surface area contributed by atoms with Gasteiger partial charge in [0.05, 0.1) is 0 Å². The van der Waals surface area contributed by atoms with E-state index in [0.29, 0.717) is 6.54 Å². The molecule has 2 nitrogen and oxygen atoms in total. The van der Waals surface area contributed by atoms with Gasteiger partial charge in [-0.1, -0.05) is 35.9 Å². The molecule has 0 fully saturated rings. The maximum atomic E-state index is 12.1. The summed E-state index contributed by atoms with van der Waals surface area (Å²) in [4.78, 5) is 0. The monoisotopic (exact) mass is 229 g/mol. The molecule has 0 radical (unpaired) electrons. The largest absolute Gasteiger partial charge is 0.623 e. The fraction of sp³-hybridized carbons (Fsp3) is 0.400. The highest BCUT2D eigenvalue weighted by Crippen LogP contribution is 2.15. The lowest BCUT2D eigenvalue weighted by molar-refractivity contribution is -0.475. The predicted octanol–water partition coefficient (Wildman–Crippen LogP) is 3.66. The summed E-state index contributed by atoms with van der Waals surface area (Å²) >= 11 is 0. The second kappa shape index (κ2) is 5.67. The summed E-state index contributed by atoms with van der Waals surface area (Å²) in [6, 6.07) is 9.92. The number of nitrogens with zero attached hydrogens (tertiary/aromatic N) is 1. The summed E-state index contributed by atoms with van der Waals surface area (Å²) in [7, 11) is 0. The smallest absolute Gasteiger partial charge is 0.187 e. The van der Waals surface area contributed by atoms with Crippen molar-refractivity contribution in [1.82, 2.24) is 0 Å². The third-order valence-corrected chi connectivity index (χ3v) is 3.16. The molecule has 0 aromatic heterocycles. The van der Waals surface area contributed by atoms with E-state index in [9.17, 15) is 5.21 Å². The first-order valence-electron chi connectivity index (χ1n) is 6.27. The van der Waals surface area contributed by atoms with Crippen molar-refractivity contribution < 1.29 is 4.74 Å². The van der Waals surface area contributed by atoms with E-state index in [1.165, 1.54) is 12.0 Å². The molecule has 1 aliphatic rings. The molecular weight excluding hydrogens is 210 g/mol. The van der Waals surface area contributed by atoms with E-state index in [0.717, 1.165) is 35.3 Å². The second-order valence-electron chi connectivity index (χ2n) is 4.71. The molecular formula is C15H19NO. The average Bonchev–Trinajstić information content (AvgIpc) is 2.55. The van der Waals surface area contributed by atoms with Crippen molar-refractivity contribution in [2.45, 2.75) is 39.2 Å². The van der Waals surface area contributed by atoms with E-state index in [2.05, 4.69) is 13.0 Å². The van der Waals surface area contributed by atoms with Crippen LogP contribution in [0.25, 0.3) is 0 Å². The zero-order valence-corrected chi connectivity index (χ0v) is 10.4. The van der Waals surface area contributed by atoms with Gasteiger partial charge in [0.25, 0.3) is 0 Å². The van der Waals surface area contributed by atoms with E-state index < -0.39 is 0 Å². The van der Waals surface area contributed by atoms with Gasteiger partial charge < -0.3 is 5.21 Å². The lowest BCUT2D eigenvalue weighted by atomic mass is 10.2. The van der Waals surface area contributed by atoms with Gasteiger partial charge in [-0.25, -0.2) is 4.74 Å². The summed E-state index contributed by atoms with van der Waals surface area (Å²) in [5.41, 5.74) is 3.33. The Morgan fingerprint density at radius 1 is 1.12 bits per heavy atom. The molecule has 1 aliphatic carbocycles. The van der Waals surface area contributed by atoms with Crippen molar-refractivity contribution >= 4 is 5.71 Å². The molecule has 0 saturated carbocycles. The molecule has 2 heteroatoms. The van der Waals surface area contributed by atoms with Crippen LogP contribution in [0.1, 0.15) is 38.2 Å². The van der Waals surface area contributed by atoms with Crippen LogP contribution in [0.3, 0.4) is 0 Å². The van der Waals surface area contributed by atoms with Gasteiger partial charge in [0, 0.05) is 18.1 Å². The standard InChI is InChI=1S/C15H19NO/c1-13-7-5-6-10-15(11-13)16(17)12-14-8-3-2-4-9-14/h2-4,8-9,11H,5-7,10,12H2,1H3/b16-15-. The SMILES string of the molecule is CC1=C/C(=[N+](\[O-])Cc2ccccc2)CCCC1. The van der Waals surface area contributed by atoms with Crippen LogP contribution in [-0.2, 0) is 6.54 Å². The first kappa shape index (κ1) is 11.9. The van der Waals surface area contributed by atoms with Crippen molar-refractivity contribution in [3.63, 3.8) is 0 Å². The minimum atomic E-state index is 0.458. The van der Waals surface area contributed by atoms with Crippen LogP contribution in [0.2, 0.25) is 0 Å². The fourth-order valence-electron chi connectivity index (χ4n) is 2.19. The van der Waals surface area contributed by atoms with Crippen LogP contribution in [0.15, 0.2) is 42.0 Å². The molecule has 0 unspecified atom stereocenters. The zero-order chi connectivity index (χ0) is 12.1. The Balaban J connectivity index is 2.17. The molecule has 0 N–H and O–H groups in total. The van der Waals surface area contributed by atoms with Gasteiger partial charge in [-0.05, 0) is 26.2 Å². The van der Waals surface area contributed by atoms with Crippen LogP contribution >= 0.6 is 0 Å². The summed E-state index contributed by atoms with van der Waals surface area (Å²) in [5, 5.41) is 12.1. The summed E-state index contributed by atoms with van der Waals surface area (Å²) in [6.07, 6.45) is 6.43. The normalized spacial score (nSPS) is 19.5. The molecule has 2 rings (SSSR count). The average molecular weight is 229 g/mol. The lowest BCUT2D eigenvalue weighted by Gasteiger charge is -2.08. The molecule has 0 spiro atoms. The first-order chi connectivity index (χ1) is 8.25. The van der Waals surface area contributed by atoms with Crippen molar-refractivity contribution in [2.75, 3.05) is 0 Å². The van der Waals surface area contributed by atoms with Gasteiger partial charge in [-0.2, -0.15) is 0 Å². The highest BCUT2D eigenvalue weighted by atomic mass is 16.5. The molecule has 0 atom stereocenters. The van der Waals surface area contributed by atoms with Gasteiger partial charge in [0.2, 0.25) is 0 Å². The van der Waals surface area contributed by atoms with Crippen LogP contribution in [-0.4, -0.2) is 10.5 Å². The molecule has 90 valence electrons. The van der Waals surface area contributed by atoms with E-state index in [4.69, 9.17) is 0 Å². The van der Waals surface area contributed by atoms with Gasteiger partial charge in [0.1, 0.15) is 0 Å². The van der Waals surface area contributed by atoms with Crippen LogP contribution in [0.4, 0.5) is 0 Å². The molecule has 17 heavy (non-hydrogen) atoms. The maximum absolute atomic E-state index is 12.1. The van der Waals surface area contributed by atoms with Gasteiger partial charge >= 0.3 is 0 Å². The summed E-state index contributed by atoms with van der Waals surface area (Å²) in [6.45, 7) is 2.57. The molecule has 0 bridgehead atoms. The van der Waals surface area contributed by atoms with Gasteiger partial charge in [0.15, 0.2) is 12.3 Å². The summed E-state index contributed by atoms with van der Waals surface area (Å²) in [5.74, 6) is 0. The van der Waals surface area contributed by atoms with E-state index in [1.807, 2.05) is 30.3 Å². The number of hydroxylamine groups is 1. The Bertz CT molecular complexity index is 431. The summed E-state index contributed by atoms with van der Waals surface area (Å²) < 4.78 is 1.14. The Hall–Kier alpha value is -1.57. The Morgan fingerprint density at radius 2 is 1.82 bits per heavy atom. The molecule has 0 saturated heterocycles. The van der Waals surface area contributed by atoms with Crippen molar-refractivity contribution in [3.8, 4) is 0 Å². The minimum Gasteiger partial charge on any atom is -0.623 e. The first-order valence-corrected chi connectivity index (χ1v) is 6.27.